The Hall–Kier alpha value is -1.58. The molecular formula is C19H33N5O3. The number of anilines is 1. The van der Waals surface area contributed by atoms with Crippen molar-refractivity contribution in [3.63, 3.8) is 0 Å². The molecule has 152 valence electrons. The summed E-state index contributed by atoms with van der Waals surface area (Å²) in [6.07, 6.45) is 1.99. The molecule has 2 saturated heterocycles. The zero-order valence-corrected chi connectivity index (χ0v) is 16.5. The number of benzene rings is 1. The summed E-state index contributed by atoms with van der Waals surface area (Å²) >= 11 is 0. The molecule has 2 heterocycles. The van der Waals surface area contributed by atoms with Gasteiger partial charge in [0.15, 0.2) is 11.5 Å². The maximum Gasteiger partial charge on any atom is 0.163 e. The van der Waals surface area contributed by atoms with E-state index in [4.69, 9.17) is 9.47 Å². The van der Waals surface area contributed by atoms with Gasteiger partial charge in [0.05, 0.1) is 13.3 Å². The summed E-state index contributed by atoms with van der Waals surface area (Å²) in [5, 5.41) is 24.3. The van der Waals surface area contributed by atoms with Crippen LogP contribution >= 0.6 is 0 Å². The van der Waals surface area contributed by atoms with Gasteiger partial charge in [0.1, 0.15) is 18.5 Å². The minimum atomic E-state index is -0.809. The predicted octanol–water partition coefficient (Wildman–Crippen LogP) is 0.355. The highest BCUT2D eigenvalue weighted by Crippen LogP contribution is 2.32. The third kappa shape index (κ3) is 5.24. The van der Waals surface area contributed by atoms with Crippen LogP contribution in [0.15, 0.2) is 18.2 Å². The highest BCUT2D eigenvalue weighted by atomic mass is 16.5. The first-order valence-corrected chi connectivity index (χ1v) is 9.74. The number of ether oxygens (including phenoxy) is 2. The van der Waals surface area contributed by atoms with Crippen molar-refractivity contribution in [2.45, 2.75) is 37.8 Å². The second kappa shape index (κ2) is 9.07. The van der Waals surface area contributed by atoms with Crippen LogP contribution < -0.4 is 30.7 Å². The second-order valence-electron chi connectivity index (χ2n) is 7.33. The number of aliphatic hydroxyl groups is 1. The number of β-amino-alcohol motifs (C(OH)–C–C–N with tert-alkyl or cyclic N) is 1. The molecule has 0 aromatic heterocycles. The standard InChI is InChI=1S/C19H33N5O3/c1-4-24-10-8-19(25,12-24)13-27-16-11-14(5-6-15(16)26-3)22-18-21-9-7-17(20-2)23-18/h5-6,11,17-18,20-23,25H,4,7-10,12-13H2,1-3H3. The Balaban J connectivity index is 1.63. The molecule has 0 radical (unpaired) electrons. The summed E-state index contributed by atoms with van der Waals surface area (Å²) in [6.45, 7) is 5.78. The van der Waals surface area contributed by atoms with Crippen LogP contribution in [-0.2, 0) is 0 Å². The average Bonchev–Trinajstić information content (AvgIpc) is 3.08. The minimum absolute atomic E-state index is 0.0328. The van der Waals surface area contributed by atoms with E-state index in [0.717, 1.165) is 38.2 Å². The van der Waals surface area contributed by atoms with E-state index in [1.54, 1.807) is 7.11 Å². The van der Waals surface area contributed by atoms with E-state index in [1.165, 1.54) is 0 Å². The molecule has 3 atom stereocenters. The van der Waals surface area contributed by atoms with Gasteiger partial charge in [-0.2, -0.15) is 0 Å². The Kier molecular flexibility index (Phi) is 6.78. The summed E-state index contributed by atoms with van der Waals surface area (Å²) in [5.74, 6) is 1.29. The zero-order chi connectivity index (χ0) is 19.3. The van der Waals surface area contributed by atoms with E-state index in [2.05, 4.69) is 33.1 Å². The monoisotopic (exact) mass is 379 g/mol. The van der Waals surface area contributed by atoms with Crippen molar-refractivity contribution < 1.29 is 14.6 Å². The minimum Gasteiger partial charge on any atom is -0.493 e. The molecule has 0 spiro atoms. The molecule has 8 nitrogen and oxygen atoms in total. The first-order valence-electron chi connectivity index (χ1n) is 9.74. The molecule has 3 rings (SSSR count). The molecule has 1 aromatic rings. The summed E-state index contributed by atoms with van der Waals surface area (Å²) < 4.78 is 11.4. The summed E-state index contributed by atoms with van der Waals surface area (Å²) in [6, 6.07) is 5.76. The summed E-state index contributed by atoms with van der Waals surface area (Å²) in [4.78, 5) is 2.23. The molecule has 3 unspecified atom stereocenters. The average molecular weight is 380 g/mol. The van der Waals surface area contributed by atoms with Crippen molar-refractivity contribution >= 4 is 5.69 Å². The molecule has 1 aromatic carbocycles. The van der Waals surface area contributed by atoms with Gasteiger partial charge in [0, 0.05) is 31.4 Å². The van der Waals surface area contributed by atoms with Gasteiger partial charge in [0.2, 0.25) is 0 Å². The maximum absolute atomic E-state index is 10.8. The lowest BCUT2D eigenvalue weighted by atomic mass is 10.1. The quantitative estimate of drug-likeness (QED) is 0.442. The fraction of sp³-hybridized carbons (Fsp3) is 0.684. The van der Waals surface area contributed by atoms with Gasteiger partial charge < -0.3 is 30.1 Å². The lowest BCUT2D eigenvalue weighted by Gasteiger charge is -2.33. The van der Waals surface area contributed by atoms with Gasteiger partial charge in [-0.3, -0.25) is 10.6 Å². The number of hydrogen-bond donors (Lipinski definition) is 5. The Morgan fingerprint density at radius 3 is 2.93 bits per heavy atom. The Morgan fingerprint density at radius 1 is 1.37 bits per heavy atom. The van der Waals surface area contributed by atoms with Crippen LogP contribution in [0.5, 0.6) is 11.5 Å². The number of nitrogens with one attached hydrogen (secondary N) is 4. The van der Waals surface area contributed by atoms with E-state index in [9.17, 15) is 5.11 Å². The number of methoxy groups -OCH3 is 1. The van der Waals surface area contributed by atoms with Crippen molar-refractivity contribution in [3.8, 4) is 11.5 Å². The molecule has 0 saturated carbocycles. The van der Waals surface area contributed by atoms with Gasteiger partial charge in [-0.05, 0) is 38.6 Å². The summed E-state index contributed by atoms with van der Waals surface area (Å²) in [5.41, 5.74) is 0.109. The second-order valence-corrected chi connectivity index (χ2v) is 7.33. The van der Waals surface area contributed by atoms with Gasteiger partial charge in [-0.1, -0.05) is 6.92 Å². The number of rotatable bonds is 8. The Labute approximate surface area is 161 Å². The van der Waals surface area contributed by atoms with Gasteiger partial charge in [-0.15, -0.1) is 0 Å². The number of nitrogens with zero attached hydrogens (tertiary/aromatic N) is 1. The smallest absolute Gasteiger partial charge is 0.163 e. The normalized spacial score (nSPS) is 28.9. The first kappa shape index (κ1) is 20.2. The predicted molar refractivity (Wildman–Crippen MR) is 106 cm³/mol. The van der Waals surface area contributed by atoms with Gasteiger partial charge in [0.25, 0.3) is 0 Å². The van der Waals surface area contributed by atoms with E-state index < -0.39 is 5.60 Å². The molecule has 2 aliphatic rings. The fourth-order valence-electron chi connectivity index (χ4n) is 3.62. The van der Waals surface area contributed by atoms with Crippen molar-refractivity contribution in [3.05, 3.63) is 18.2 Å². The highest BCUT2D eigenvalue weighted by molar-refractivity contribution is 5.55. The molecule has 0 aliphatic carbocycles. The van der Waals surface area contributed by atoms with Gasteiger partial charge >= 0.3 is 0 Å². The van der Waals surface area contributed by atoms with Crippen LogP contribution in [0.1, 0.15) is 19.8 Å². The van der Waals surface area contributed by atoms with Crippen LogP contribution in [0.2, 0.25) is 0 Å². The molecule has 0 bridgehead atoms. The molecule has 0 amide bonds. The highest BCUT2D eigenvalue weighted by Gasteiger charge is 2.36. The van der Waals surface area contributed by atoms with Crippen LogP contribution in [0.3, 0.4) is 0 Å². The third-order valence-corrected chi connectivity index (χ3v) is 5.33. The molecule has 27 heavy (non-hydrogen) atoms. The van der Waals surface area contributed by atoms with Crippen molar-refractivity contribution in [2.75, 3.05) is 52.3 Å². The largest absolute Gasteiger partial charge is 0.493 e. The van der Waals surface area contributed by atoms with E-state index in [1.807, 2.05) is 25.2 Å². The van der Waals surface area contributed by atoms with Crippen LogP contribution in [-0.4, -0.2) is 75.0 Å². The van der Waals surface area contributed by atoms with Gasteiger partial charge in [-0.25, -0.2) is 0 Å². The Morgan fingerprint density at radius 2 is 2.22 bits per heavy atom. The third-order valence-electron chi connectivity index (χ3n) is 5.33. The molecule has 2 fully saturated rings. The molecular weight excluding hydrogens is 346 g/mol. The Bertz CT molecular complexity index is 617. The van der Waals surface area contributed by atoms with Crippen LogP contribution in [0, 0.1) is 0 Å². The number of likely N-dealkylation sites (N-methyl/N-ethyl adjacent to an activating group) is 1. The van der Waals surface area contributed by atoms with Crippen LogP contribution in [0.4, 0.5) is 5.69 Å². The lowest BCUT2D eigenvalue weighted by Crippen LogP contribution is -2.61. The fourth-order valence-corrected chi connectivity index (χ4v) is 3.62. The first-order chi connectivity index (χ1) is 13.0. The molecule has 5 N–H and O–H groups in total. The SMILES string of the molecule is CCN1CCC(O)(COc2cc(NC3NCCC(NC)N3)ccc2OC)C1. The van der Waals surface area contributed by atoms with E-state index in [-0.39, 0.29) is 19.1 Å². The molecule has 8 heteroatoms. The summed E-state index contributed by atoms with van der Waals surface area (Å²) in [7, 11) is 3.58. The van der Waals surface area contributed by atoms with Crippen molar-refractivity contribution in [1.82, 2.24) is 20.9 Å². The van der Waals surface area contributed by atoms with Crippen molar-refractivity contribution in [1.29, 1.82) is 0 Å². The van der Waals surface area contributed by atoms with E-state index >= 15 is 0 Å². The topological polar surface area (TPSA) is 90.1 Å². The van der Waals surface area contributed by atoms with E-state index in [0.29, 0.717) is 18.0 Å². The number of hydrogen-bond acceptors (Lipinski definition) is 8. The molecule has 2 aliphatic heterocycles. The van der Waals surface area contributed by atoms with Crippen LogP contribution in [0.25, 0.3) is 0 Å². The maximum atomic E-state index is 10.8. The number of likely N-dealkylation sites (tertiary alicyclic amines) is 1. The van der Waals surface area contributed by atoms with Crippen molar-refractivity contribution in [2.24, 2.45) is 0 Å². The lowest BCUT2D eigenvalue weighted by molar-refractivity contribution is 0.00368. The zero-order valence-electron chi connectivity index (χ0n) is 16.5.